The zero-order chi connectivity index (χ0) is 24.0. The van der Waals surface area contributed by atoms with Crippen molar-refractivity contribution in [1.29, 1.82) is 0 Å². The molecule has 3 heterocycles. The molecule has 0 aromatic heterocycles. The number of hydrogen-bond acceptors (Lipinski definition) is 9. The number of hydrogen-bond donors (Lipinski definition) is 2. The number of ether oxygens (including phenoxy) is 4. The van der Waals surface area contributed by atoms with E-state index in [4.69, 9.17) is 18.9 Å². The molecule has 0 bridgehead atoms. The van der Waals surface area contributed by atoms with Gasteiger partial charge >= 0.3 is 11.8 Å². The standard InChI is InChI=1S/C21H30N4O8S/c26-20(22-4-1-5-24-6-9-30-10-7-24)21(27)23-15-19-25(8-11-33-19)34(28,29)16-2-3-17-18(14-16)32-13-12-31-17/h2-3,14,19H,1,4-13,15H2,(H,22,26)(H,23,27). The van der Waals surface area contributed by atoms with Crippen molar-refractivity contribution in [3.05, 3.63) is 18.2 Å². The highest BCUT2D eigenvalue weighted by Gasteiger charge is 2.37. The normalized spacial score (nSPS) is 21.2. The number of benzene rings is 1. The van der Waals surface area contributed by atoms with E-state index in [1.165, 1.54) is 16.4 Å². The Morgan fingerprint density at radius 3 is 2.47 bits per heavy atom. The first-order valence-electron chi connectivity index (χ1n) is 11.3. The number of nitrogens with one attached hydrogen (secondary N) is 2. The highest BCUT2D eigenvalue weighted by molar-refractivity contribution is 7.89. The van der Waals surface area contributed by atoms with E-state index in [-0.39, 0.29) is 24.6 Å². The van der Waals surface area contributed by atoms with Crippen LogP contribution in [-0.2, 0) is 29.1 Å². The predicted molar refractivity (Wildman–Crippen MR) is 119 cm³/mol. The molecule has 2 N–H and O–H groups in total. The van der Waals surface area contributed by atoms with Gasteiger partial charge in [0.1, 0.15) is 19.4 Å². The van der Waals surface area contributed by atoms with Crippen molar-refractivity contribution in [1.82, 2.24) is 19.8 Å². The Hall–Kier alpha value is -2.45. The highest BCUT2D eigenvalue weighted by Crippen LogP contribution is 2.34. The van der Waals surface area contributed by atoms with Crippen LogP contribution in [-0.4, -0.2) is 108 Å². The quantitative estimate of drug-likeness (QED) is 0.333. The molecular weight excluding hydrogens is 468 g/mol. The van der Waals surface area contributed by atoms with E-state index in [9.17, 15) is 18.0 Å². The Balaban J connectivity index is 1.25. The lowest BCUT2D eigenvalue weighted by atomic mass is 10.3. The molecule has 12 nitrogen and oxygen atoms in total. The Morgan fingerprint density at radius 1 is 0.941 bits per heavy atom. The second-order valence-corrected chi connectivity index (χ2v) is 9.91. The third-order valence-electron chi connectivity index (χ3n) is 5.75. The molecule has 1 unspecified atom stereocenters. The lowest BCUT2D eigenvalue weighted by Crippen LogP contribution is -2.47. The Bertz CT molecular complexity index is 983. The summed E-state index contributed by atoms with van der Waals surface area (Å²) in [6.45, 7) is 5.23. The van der Waals surface area contributed by atoms with Gasteiger partial charge in [0, 0.05) is 32.2 Å². The topological polar surface area (TPSA) is 136 Å². The fourth-order valence-corrected chi connectivity index (χ4v) is 5.46. The summed E-state index contributed by atoms with van der Waals surface area (Å²) in [7, 11) is -3.91. The molecule has 2 saturated heterocycles. The van der Waals surface area contributed by atoms with Gasteiger partial charge in [0.05, 0.1) is 31.3 Å². The van der Waals surface area contributed by atoms with Crippen molar-refractivity contribution >= 4 is 21.8 Å². The average Bonchev–Trinajstić information content (AvgIpc) is 3.35. The predicted octanol–water partition coefficient (Wildman–Crippen LogP) is -1.24. The van der Waals surface area contributed by atoms with E-state index in [0.717, 1.165) is 19.6 Å². The van der Waals surface area contributed by atoms with Crippen molar-refractivity contribution in [2.45, 2.75) is 17.5 Å². The van der Waals surface area contributed by atoms with E-state index in [2.05, 4.69) is 15.5 Å². The van der Waals surface area contributed by atoms with Crippen LogP contribution < -0.4 is 20.1 Å². The van der Waals surface area contributed by atoms with Gasteiger partial charge in [-0.05, 0) is 25.1 Å². The summed E-state index contributed by atoms with van der Waals surface area (Å²) in [5, 5.41) is 5.05. The molecule has 34 heavy (non-hydrogen) atoms. The summed E-state index contributed by atoms with van der Waals surface area (Å²) in [5.41, 5.74) is 0. The maximum atomic E-state index is 13.2. The van der Waals surface area contributed by atoms with Gasteiger partial charge in [-0.15, -0.1) is 0 Å². The summed E-state index contributed by atoms with van der Waals surface area (Å²) in [6, 6.07) is 4.42. The third-order valence-corrected chi connectivity index (χ3v) is 7.63. The van der Waals surface area contributed by atoms with Crippen molar-refractivity contribution in [2.75, 3.05) is 72.3 Å². The minimum Gasteiger partial charge on any atom is -0.486 e. The van der Waals surface area contributed by atoms with Gasteiger partial charge in [0.25, 0.3) is 0 Å². The van der Waals surface area contributed by atoms with Gasteiger partial charge in [-0.1, -0.05) is 0 Å². The fraction of sp³-hybridized carbons (Fsp3) is 0.619. The average molecular weight is 499 g/mol. The number of amides is 2. The molecule has 1 atom stereocenters. The molecule has 3 aliphatic rings. The minimum absolute atomic E-state index is 0.0385. The lowest BCUT2D eigenvalue weighted by Gasteiger charge is -2.26. The zero-order valence-electron chi connectivity index (χ0n) is 18.9. The second kappa shape index (κ2) is 11.3. The van der Waals surface area contributed by atoms with E-state index in [0.29, 0.717) is 50.9 Å². The molecule has 1 aromatic carbocycles. The van der Waals surface area contributed by atoms with E-state index < -0.39 is 28.1 Å². The fourth-order valence-electron chi connectivity index (χ4n) is 3.93. The Morgan fingerprint density at radius 2 is 1.68 bits per heavy atom. The number of nitrogens with zero attached hydrogens (tertiary/aromatic N) is 2. The van der Waals surface area contributed by atoms with Crippen LogP contribution >= 0.6 is 0 Å². The van der Waals surface area contributed by atoms with Crippen molar-refractivity contribution in [3.8, 4) is 11.5 Å². The van der Waals surface area contributed by atoms with Crippen LogP contribution in [0.1, 0.15) is 6.42 Å². The van der Waals surface area contributed by atoms with Gasteiger partial charge in [-0.25, -0.2) is 8.42 Å². The molecule has 188 valence electrons. The van der Waals surface area contributed by atoms with Crippen LogP contribution in [0.2, 0.25) is 0 Å². The van der Waals surface area contributed by atoms with Gasteiger partial charge in [-0.2, -0.15) is 4.31 Å². The smallest absolute Gasteiger partial charge is 0.309 e. The van der Waals surface area contributed by atoms with Crippen molar-refractivity contribution < 1.29 is 37.0 Å². The number of carbonyl (C=O) groups excluding carboxylic acids is 2. The largest absolute Gasteiger partial charge is 0.486 e. The maximum absolute atomic E-state index is 13.2. The highest BCUT2D eigenvalue weighted by atomic mass is 32.2. The van der Waals surface area contributed by atoms with Gasteiger partial charge < -0.3 is 29.6 Å². The first-order chi connectivity index (χ1) is 16.4. The zero-order valence-corrected chi connectivity index (χ0v) is 19.7. The number of carbonyl (C=O) groups is 2. The molecule has 0 radical (unpaired) electrons. The molecule has 1 aromatic rings. The van der Waals surface area contributed by atoms with E-state index >= 15 is 0 Å². The van der Waals surface area contributed by atoms with Crippen LogP contribution in [0.25, 0.3) is 0 Å². The molecule has 4 rings (SSSR count). The number of rotatable bonds is 8. The van der Waals surface area contributed by atoms with E-state index in [1.807, 2.05) is 0 Å². The summed E-state index contributed by atoms with van der Waals surface area (Å²) >= 11 is 0. The molecule has 2 fully saturated rings. The van der Waals surface area contributed by atoms with Crippen molar-refractivity contribution in [3.63, 3.8) is 0 Å². The minimum atomic E-state index is -3.91. The second-order valence-electron chi connectivity index (χ2n) is 8.02. The number of morpholine rings is 1. The van der Waals surface area contributed by atoms with Crippen LogP contribution in [0.15, 0.2) is 23.1 Å². The maximum Gasteiger partial charge on any atom is 0.309 e. The SMILES string of the molecule is O=C(NCCCN1CCOCC1)C(=O)NCC1OCCN1S(=O)(=O)c1ccc2c(c1)OCCO2. The molecule has 3 aliphatic heterocycles. The summed E-state index contributed by atoms with van der Waals surface area (Å²) in [6.07, 6.45) is -0.206. The molecule has 0 spiro atoms. The van der Waals surface area contributed by atoms with Gasteiger partial charge in [-0.3, -0.25) is 14.5 Å². The monoisotopic (exact) mass is 498 g/mol. The van der Waals surface area contributed by atoms with Crippen LogP contribution in [0.3, 0.4) is 0 Å². The summed E-state index contributed by atoms with van der Waals surface area (Å²) < 4.78 is 49.2. The third kappa shape index (κ3) is 5.96. The lowest BCUT2D eigenvalue weighted by molar-refractivity contribution is -0.139. The molecule has 0 aliphatic carbocycles. The molecular formula is C21H30N4O8S. The number of fused-ring (bicyclic) bond motifs is 1. The van der Waals surface area contributed by atoms with Gasteiger partial charge in [0.15, 0.2) is 11.5 Å². The molecule has 13 heteroatoms. The molecule has 0 saturated carbocycles. The first kappa shape index (κ1) is 24.7. The van der Waals surface area contributed by atoms with Crippen LogP contribution in [0.5, 0.6) is 11.5 Å². The van der Waals surface area contributed by atoms with Gasteiger partial charge in [0.2, 0.25) is 10.0 Å². The molecule has 2 amide bonds. The Labute approximate surface area is 198 Å². The van der Waals surface area contributed by atoms with E-state index in [1.54, 1.807) is 6.07 Å². The van der Waals surface area contributed by atoms with Crippen molar-refractivity contribution in [2.24, 2.45) is 0 Å². The van der Waals surface area contributed by atoms with Crippen LogP contribution in [0, 0.1) is 0 Å². The summed E-state index contributed by atoms with van der Waals surface area (Å²) in [5.74, 6) is -0.745. The number of sulfonamides is 1. The Kier molecular flexibility index (Phi) is 8.21. The summed E-state index contributed by atoms with van der Waals surface area (Å²) in [4.78, 5) is 26.5. The first-order valence-corrected chi connectivity index (χ1v) is 12.8. The van der Waals surface area contributed by atoms with Crippen LogP contribution in [0.4, 0.5) is 0 Å².